The number of ether oxygens (including phenoxy) is 1. The van der Waals surface area contributed by atoms with Gasteiger partial charge in [-0.05, 0) is 35.5 Å². The van der Waals surface area contributed by atoms with Gasteiger partial charge in [0.05, 0.1) is 24.8 Å². The van der Waals surface area contributed by atoms with E-state index >= 15 is 0 Å². The Bertz CT molecular complexity index is 850. The third-order valence-corrected chi connectivity index (χ3v) is 3.65. The summed E-state index contributed by atoms with van der Waals surface area (Å²) in [6, 6.07) is 9.32. The van der Waals surface area contributed by atoms with Crippen LogP contribution in [0.1, 0.15) is 0 Å². The number of benzene rings is 1. The lowest BCUT2D eigenvalue weighted by molar-refractivity contribution is -0.144. The Hall–Kier alpha value is -3.13. The Kier molecular flexibility index (Phi) is 3.09. The van der Waals surface area contributed by atoms with Crippen LogP contribution < -0.4 is 31.6 Å². The Morgan fingerprint density at radius 1 is 1.26 bits per heavy atom. The van der Waals surface area contributed by atoms with Gasteiger partial charge in [0, 0.05) is 5.69 Å². The van der Waals surface area contributed by atoms with Gasteiger partial charge >= 0.3 is 0 Å². The maximum absolute atomic E-state index is 6.36. The molecule has 23 heavy (non-hydrogen) atoms. The molecule has 0 spiro atoms. The zero-order valence-corrected chi connectivity index (χ0v) is 12.3. The third-order valence-electron chi connectivity index (χ3n) is 3.65. The van der Waals surface area contributed by atoms with Crippen molar-refractivity contribution in [2.45, 2.75) is 6.29 Å². The second-order valence-electron chi connectivity index (χ2n) is 4.93. The minimum Gasteiger partial charge on any atom is -0.497 e. The Morgan fingerprint density at radius 3 is 2.78 bits per heavy atom. The molecule has 0 fully saturated rings. The number of nitrogens with two attached hydrogens (primary N) is 1. The second kappa shape index (κ2) is 5.25. The molecule has 3 heterocycles. The van der Waals surface area contributed by atoms with Crippen LogP contribution in [0.4, 0.5) is 5.69 Å². The predicted octanol–water partition coefficient (Wildman–Crippen LogP) is -0.0410. The van der Waals surface area contributed by atoms with Crippen molar-refractivity contribution in [2.24, 2.45) is 10.7 Å². The molecule has 1 unspecified atom stereocenters. The molecule has 1 aromatic heterocycles. The molecule has 0 amide bonds. The summed E-state index contributed by atoms with van der Waals surface area (Å²) in [7, 11) is 1.62. The first-order valence-corrected chi connectivity index (χ1v) is 6.99. The van der Waals surface area contributed by atoms with Crippen LogP contribution in [0.25, 0.3) is 5.82 Å². The highest BCUT2D eigenvalue weighted by Gasteiger charge is 2.33. The van der Waals surface area contributed by atoms with E-state index in [4.69, 9.17) is 19.7 Å². The van der Waals surface area contributed by atoms with Crippen molar-refractivity contribution < 1.29 is 14.0 Å². The largest absolute Gasteiger partial charge is 0.497 e. The molecular weight excluding hydrogens is 298 g/mol. The van der Waals surface area contributed by atoms with Gasteiger partial charge in [-0.1, -0.05) is 0 Å². The molecule has 0 saturated heterocycles. The van der Waals surface area contributed by atoms with E-state index < -0.39 is 6.29 Å². The zero-order valence-electron chi connectivity index (χ0n) is 12.3. The van der Waals surface area contributed by atoms with Gasteiger partial charge < -0.3 is 19.7 Å². The number of hydrogen-bond donors (Lipinski definition) is 2. The highest BCUT2D eigenvalue weighted by Crippen LogP contribution is 2.26. The predicted molar refractivity (Wildman–Crippen MR) is 81.5 cm³/mol. The third kappa shape index (κ3) is 2.16. The summed E-state index contributed by atoms with van der Waals surface area (Å²) in [4.78, 5) is 11.8. The van der Waals surface area contributed by atoms with Gasteiger partial charge in [0.25, 0.3) is 0 Å². The van der Waals surface area contributed by atoms with Gasteiger partial charge in [-0.15, -0.1) is 0 Å². The molecular formula is C15H15N5O3. The standard InChI is InChI=1S/C15H15N5O3/c1-21-11-4-2-10(3-5-11)19-13(16)12-6-8-22-14(12)18-15(19)20-17-7-9-23-20/h2-9,15,17H,16H2,1H3. The highest BCUT2D eigenvalue weighted by molar-refractivity contribution is 5.67. The van der Waals surface area contributed by atoms with Crippen molar-refractivity contribution in [1.29, 1.82) is 0 Å². The van der Waals surface area contributed by atoms with Gasteiger partial charge in [-0.2, -0.15) is 0 Å². The number of fused-ring (bicyclic) bond motifs is 1. The SMILES string of the molecule is COc1ccc(N2C(N)=c3ccoc3=NC2N2NC=CO2)cc1. The lowest BCUT2D eigenvalue weighted by Crippen LogP contribution is -2.56. The fourth-order valence-electron chi connectivity index (χ4n) is 2.54. The fourth-order valence-corrected chi connectivity index (χ4v) is 2.54. The molecule has 1 aromatic carbocycles. The minimum atomic E-state index is -0.558. The number of methoxy groups -OCH3 is 1. The smallest absolute Gasteiger partial charge is 0.240 e. The molecule has 0 saturated carbocycles. The molecule has 2 aromatic rings. The molecule has 0 aliphatic carbocycles. The summed E-state index contributed by atoms with van der Waals surface area (Å²) in [5, 5.41) is 2.21. The van der Waals surface area contributed by atoms with Gasteiger partial charge in [-0.25, -0.2) is 4.99 Å². The Labute approximate surface area is 131 Å². The topological polar surface area (TPSA) is 88.5 Å². The molecule has 3 N–H and O–H groups in total. The van der Waals surface area contributed by atoms with Crippen LogP contribution in [0.2, 0.25) is 0 Å². The van der Waals surface area contributed by atoms with Crippen LogP contribution in [0.3, 0.4) is 0 Å². The first-order chi connectivity index (χ1) is 11.3. The van der Waals surface area contributed by atoms with Crippen molar-refractivity contribution in [3.63, 3.8) is 0 Å². The van der Waals surface area contributed by atoms with Crippen LogP contribution >= 0.6 is 0 Å². The number of furan rings is 1. The molecule has 8 nitrogen and oxygen atoms in total. The van der Waals surface area contributed by atoms with Crippen LogP contribution in [-0.4, -0.2) is 18.6 Å². The maximum atomic E-state index is 6.36. The van der Waals surface area contributed by atoms with Crippen LogP contribution in [-0.2, 0) is 4.84 Å². The molecule has 118 valence electrons. The van der Waals surface area contributed by atoms with Crippen LogP contribution in [0.5, 0.6) is 5.75 Å². The number of nitrogens with one attached hydrogen (secondary N) is 1. The number of nitrogens with zero attached hydrogens (tertiary/aromatic N) is 3. The van der Waals surface area contributed by atoms with Crippen LogP contribution in [0.15, 0.2) is 58.5 Å². The summed E-state index contributed by atoms with van der Waals surface area (Å²) in [6.45, 7) is 0. The van der Waals surface area contributed by atoms with Crippen molar-refractivity contribution in [3.05, 3.63) is 59.8 Å². The molecule has 8 heteroatoms. The molecule has 0 radical (unpaired) electrons. The minimum absolute atomic E-state index is 0.467. The highest BCUT2D eigenvalue weighted by atomic mass is 16.7. The molecule has 1 atom stereocenters. The van der Waals surface area contributed by atoms with Gasteiger partial charge in [0.15, 0.2) is 0 Å². The normalized spacial score (nSPS) is 19.8. The summed E-state index contributed by atoms with van der Waals surface area (Å²) >= 11 is 0. The number of hydrogen-bond acceptors (Lipinski definition) is 8. The molecule has 2 aliphatic rings. The van der Waals surface area contributed by atoms with Gasteiger partial charge in [0.2, 0.25) is 11.8 Å². The first kappa shape index (κ1) is 13.5. The van der Waals surface area contributed by atoms with E-state index in [2.05, 4.69) is 10.4 Å². The average Bonchev–Trinajstić information content (AvgIpc) is 3.26. The monoisotopic (exact) mass is 313 g/mol. The number of rotatable bonds is 3. The van der Waals surface area contributed by atoms with E-state index in [1.165, 1.54) is 11.4 Å². The van der Waals surface area contributed by atoms with Crippen LogP contribution in [0, 0.1) is 0 Å². The summed E-state index contributed by atoms with van der Waals surface area (Å²) in [5.74, 6) is 1.29. The van der Waals surface area contributed by atoms with Crippen molar-refractivity contribution in [1.82, 2.24) is 10.6 Å². The maximum Gasteiger partial charge on any atom is 0.240 e. The molecule has 0 bridgehead atoms. The quantitative estimate of drug-likeness (QED) is 0.822. The lowest BCUT2D eigenvalue weighted by atomic mass is 10.2. The van der Waals surface area contributed by atoms with E-state index in [-0.39, 0.29) is 0 Å². The molecule has 2 aliphatic heterocycles. The van der Waals surface area contributed by atoms with E-state index in [1.54, 1.807) is 25.6 Å². The lowest BCUT2D eigenvalue weighted by Gasteiger charge is -2.35. The van der Waals surface area contributed by atoms with E-state index in [0.717, 1.165) is 16.7 Å². The number of hydrazine groups is 1. The van der Waals surface area contributed by atoms with Crippen molar-refractivity contribution >= 4 is 11.5 Å². The summed E-state index contributed by atoms with van der Waals surface area (Å²) in [6.07, 6.45) is 4.19. The van der Waals surface area contributed by atoms with E-state index in [9.17, 15) is 0 Å². The average molecular weight is 313 g/mol. The van der Waals surface area contributed by atoms with Gasteiger partial charge in [0.1, 0.15) is 17.8 Å². The molecule has 4 rings (SSSR count). The summed E-state index contributed by atoms with van der Waals surface area (Å²) < 4.78 is 10.6. The van der Waals surface area contributed by atoms with Crippen molar-refractivity contribution in [3.8, 4) is 5.75 Å². The zero-order chi connectivity index (χ0) is 15.8. The number of hydroxylamine groups is 1. The van der Waals surface area contributed by atoms with Gasteiger partial charge in [-0.3, -0.25) is 10.3 Å². The summed E-state index contributed by atoms with van der Waals surface area (Å²) in [5.41, 5.74) is 10.6. The van der Waals surface area contributed by atoms with E-state index in [1.807, 2.05) is 29.2 Å². The number of anilines is 1. The first-order valence-electron chi connectivity index (χ1n) is 6.99. The Balaban J connectivity index is 1.82. The Morgan fingerprint density at radius 2 is 2.09 bits per heavy atom. The fraction of sp³-hybridized carbons (Fsp3) is 0.133. The van der Waals surface area contributed by atoms with Crippen molar-refractivity contribution in [2.75, 3.05) is 12.0 Å². The van der Waals surface area contributed by atoms with E-state index in [0.29, 0.717) is 11.4 Å². The second-order valence-corrected chi connectivity index (χ2v) is 4.93.